The van der Waals surface area contributed by atoms with Crippen LogP contribution in [0.25, 0.3) is 11.3 Å². The maximum Gasteiger partial charge on any atom is 0.252 e. The maximum absolute atomic E-state index is 13.2. The van der Waals surface area contributed by atoms with Gasteiger partial charge < -0.3 is 10.1 Å². The lowest BCUT2D eigenvalue weighted by atomic mass is 10.1. The molecule has 1 aromatic heterocycles. The third kappa shape index (κ3) is 5.88. The molecule has 3 heterocycles. The fourth-order valence-corrected chi connectivity index (χ4v) is 5.44. The van der Waals surface area contributed by atoms with E-state index in [1.54, 1.807) is 5.01 Å². The molecule has 216 valence electrons. The quantitative estimate of drug-likeness (QED) is 0.357. The van der Waals surface area contributed by atoms with E-state index in [4.69, 9.17) is 14.8 Å². The highest BCUT2D eigenvalue weighted by Gasteiger charge is 2.42. The van der Waals surface area contributed by atoms with Gasteiger partial charge in [0.2, 0.25) is 0 Å². The van der Waals surface area contributed by atoms with E-state index < -0.39 is 6.04 Å². The Morgan fingerprint density at radius 1 is 1.05 bits per heavy atom. The van der Waals surface area contributed by atoms with Crippen molar-refractivity contribution in [3.8, 4) is 17.0 Å². The molecule has 0 spiro atoms. The van der Waals surface area contributed by atoms with Crippen molar-refractivity contribution < 1.29 is 9.53 Å². The minimum atomic E-state index is -0.423. The first kappa shape index (κ1) is 28.5. The van der Waals surface area contributed by atoms with Crippen molar-refractivity contribution in [3.63, 3.8) is 0 Å². The molecule has 3 aromatic rings. The van der Waals surface area contributed by atoms with Crippen LogP contribution in [0, 0.1) is 0 Å². The molecule has 1 N–H and O–H groups in total. The molecule has 0 saturated heterocycles. The lowest BCUT2D eigenvalue weighted by molar-refractivity contribution is -0.124. The van der Waals surface area contributed by atoms with E-state index in [2.05, 4.69) is 53.4 Å². The number of hydrogen-bond donors (Lipinski definition) is 1. The Morgan fingerprint density at radius 2 is 1.83 bits per heavy atom. The molecule has 2 unspecified atom stereocenters. The van der Waals surface area contributed by atoms with Gasteiger partial charge in [-0.1, -0.05) is 62.4 Å². The van der Waals surface area contributed by atoms with E-state index in [9.17, 15) is 4.79 Å². The van der Waals surface area contributed by atoms with E-state index in [0.717, 1.165) is 66.4 Å². The second-order valence-corrected chi connectivity index (χ2v) is 10.4. The number of carbonyl (C=O) groups excluding carboxylic acids is 1. The first-order chi connectivity index (χ1) is 20.0. The van der Waals surface area contributed by atoms with Gasteiger partial charge in [0, 0.05) is 18.5 Å². The van der Waals surface area contributed by atoms with Crippen LogP contribution in [0.2, 0.25) is 0 Å². The van der Waals surface area contributed by atoms with Crippen LogP contribution in [-0.2, 0) is 17.9 Å². The summed E-state index contributed by atoms with van der Waals surface area (Å²) in [5.74, 6) is 1.89. The smallest absolute Gasteiger partial charge is 0.252 e. The molecule has 0 aliphatic carbocycles. The molecule has 1 amide bonds. The van der Waals surface area contributed by atoms with Gasteiger partial charge in [-0.25, -0.2) is 9.69 Å². The number of rotatable bonds is 12. The monoisotopic (exact) mass is 556 g/mol. The summed E-state index contributed by atoms with van der Waals surface area (Å²) in [5, 5.41) is 18.9. The molecular formula is C31H40N8O2. The van der Waals surface area contributed by atoms with Gasteiger partial charge in [-0.2, -0.15) is 5.10 Å². The second-order valence-electron chi connectivity index (χ2n) is 10.4. The number of aliphatic imine (C=N–C) groups is 1. The van der Waals surface area contributed by atoms with Gasteiger partial charge in [-0.05, 0) is 51.1 Å². The number of fused-ring (bicyclic) bond motifs is 1. The van der Waals surface area contributed by atoms with Gasteiger partial charge in [-0.15, -0.1) is 5.10 Å². The maximum atomic E-state index is 13.2. The average molecular weight is 557 g/mol. The molecule has 2 aliphatic heterocycles. The van der Waals surface area contributed by atoms with Crippen LogP contribution in [-0.4, -0.2) is 74.3 Å². The Hall–Kier alpha value is -4.05. The van der Waals surface area contributed by atoms with Gasteiger partial charge >= 0.3 is 0 Å². The van der Waals surface area contributed by atoms with Crippen LogP contribution in [0.15, 0.2) is 58.6 Å². The van der Waals surface area contributed by atoms with Gasteiger partial charge in [0.25, 0.3) is 5.91 Å². The molecule has 41 heavy (non-hydrogen) atoms. The fourth-order valence-electron chi connectivity index (χ4n) is 5.44. The zero-order chi connectivity index (χ0) is 28.9. The Kier molecular flexibility index (Phi) is 8.78. The number of benzene rings is 2. The van der Waals surface area contributed by atoms with Crippen molar-refractivity contribution in [2.75, 3.05) is 19.7 Å². The van der Waals surface area contributed by atoms with Crippen LogP contribution >= 0.6 is 0 Å². The normalized spacial score (nSPS) is 18.3. The molecule has 10 heteroatoms. The summed E-state index contributed by atoms with van der Waals surface area (Å²) >= 11 is 0. The van der Waals surface area contributed by atoms with E-state index in [1.807, 2.05) is 54.9 Å². The molecule has 10 nitrogen and oxygen atoms in total. The van der Waals surface area contributed by atoms with Crippen molar-refractivity contribution in [1.82, 2.24) is 30.2 Å². The SMILES string of the molecule is CCCC1=NC(C)C2C(=O)NC(c3cc(Cn4nnc(-c5ccccc5)c4CN(CC)CC)ccc3OCC)=NN12. The summed E-state index contributed by atoms with van der Waals surface area (Å²) in [6, 6.07) is 15.6. The summed E-state index contributed by atoms with van der Waals surface area (Å²) in [5.41, 5.74) is 4.74. The average Bonchev–Trinajstić information content (AvgIpc) is 3.53. The number of hydrazone groups is 1. The standard InChI is InChI=1S/C31H40N8O2/c1-6-13-27-32-21(5)29-31(40)33-30(35-39(27)29)24-18-22(16-17-26(24)41-9-4)19-38-25(20-37(7-2)8-3)28(34-36-38)23-14-11-10-12-15-23/h10-12,14-18,21,29H,6-9,13,19-20H2,1-5H3,(H,33,35,40). The third-order valence-corrected chi connectivity index (χ3v) is 7.61. The van der Waals surface area contributed by atoms with Gasteiger partial charge in [0.05, 0.1) is 30.5 Å². The molecule has 2 atom stereocenters. The summed E-state index contributed by atoms with van der Waals surface area (Å²) in [4.78, 5) is 20.3. The van der Waals surface area contributed by atoms with Crippen molar-refractivity contribution in [2.45, 2.75) is 72.6 Å². The first-order valence-electron chi connectivity index (χ1n) is 14.7. The van der Waals surface area contributed by atoms with E-state index in [0.29, 0.717) is 24.7 Å². The van der Waals surface area contributed by atoms with Crippen molar-refractivity contribution in [2.24, 2.45) is 10.1 Å². The molecule has 0 bridgehead atoms. The predicted molar refractivity (Wildman–Crippen MR) is 161 cm³/mol. The Bertz CT molecular complexity index is 1430. The van der Waals surface area contributed by atoms with Crippen molar-refractivity contribution in [1.29, 1.82) is 0 Å². The number of hydrogen-bond acceptors (Lipinski definition) is 8. The molecule has 0 fully saturated rings. The zero-order valence-electron chi connectivity index (χ0n) is 24.7. The first-order valence-corrected chi connectivity index (χ1v) is 14.7. The molecular weight excluding hydrogens is 516 g/mol. The van der Waals surface area contributed by atoms with Crippen LogP contribution in [0.5, 0.6) is 5.75 Å². The van der Waals surface area contributed by atoms with Gasteiger partial charge in [-0.3, -0.25) is 14.7 Å². The largest absolute Gasteiger partial charge is 0.493 e. The lowest BCUT2D eigenvalue weighted by Gasteiger charge is -2.30. The highest BCUT2D eigenvalue weighted by molar-refractivity contribution is 6.13. The minimum absolute atomic E-state index is 0.101. The lowest BCUT2D eigenvalue weighted by Crippen LogP contribution is -2.54. The van der Waals surface area contributed by atoms with Crippen LogP contribution < -0.4 is 10.1 Å². The predicted octanol–water partition coefficient (Wildman–Crippen LogP) is 4.30. The Labute approximate surface area is 242 Å². The van der Waals surface area contributed by atoms with E-state index >= 15 is 0 Å². The molecule has 0 radical (unpaired) electrons. The van der Waals surface area contributed by atoms with E-state index in [-0.39, 0.29) is 11.9 Å². The van der Waals surface area contributed by atoms with Crippen LogP contribution in [0.4, 0.5) is 0 Å². The zero-order valence-corrected chi connectivity index (χ0v) is 24.7. The van der Waals surface area contributed by atoms with Crippen LogP contribution in [0.3, 0.4) is 0 Å². The molecule has 5 rings (SSSR count). The topological polar surface area (TPSA) is 100 Å². The van der Waals surface area contributed by atoms with Crippen LogP contribution in [0.1, 0.15) is 64.3 Å². The minimum Gasteiger partial charge on any atom is -0.493 e. The van der Waals surface area contributed by atoms with Gasteiger partial charge in [0.15, 0.2) is 11.9 Å². The summed E-state index contributed by atoms with van der Waals surface area (Å²) < 4.78 is 7.96. The summed E-state index contributed by atoms with van der Waals surface area (Å²) in [7, 11) is 0. The summed E-state index contributed by atoms with van der Waals surface area (Å²) in [6.45, 7) is 14.0. The summed E-state index contributed by atoms with van der Waals surface area (Å²) in [6.07, 6.45) is 1.70. The van der Waals surface area contributed by atoms with E-state index in [1.165, 1.54) is 0 Å². The number of amidine groups is 2. The van der Waals surface area contributed by atoms with Crippen molar-refractivity contribution in [3.05, 3.63) is 65.4 Å². The number of ether oxygens (including phenoxy) is 1. The number of nitrogens with zero attached hydrogens (tertiary/aromatic N) is 7. The number of nitrogens with one attached hydrogen (secondary N) is 1. The number of aromatic nitrogens is 3. The molecule has 2 aliphatic rings. The Morgan fingerprint density at radius 3 is 2.54 bits per heavy atom. The highest BCUT2D eigenvalue weighted by atomic mass is 16.5. The van der Waals surface area contributed by atoms with Crippen molar-refractivity contribution >= 4 is 17.6 Å². The molecule has 0 saturated carbocycles. The molecule has 2 aromatic carbocycles. The highest BCUT2D eigenvalue weighted by Crippen LogP contribution is 2.29. The fraction of sp³-hybridized carbons (Fsp3) is 0.452. The second kappa shape index (κ2) is 12.6. The third-order valence-electron chi connectivity index (χ3n) is 7.61. The Balaban J connectivity index is 1.52. The number of carbonyl (C=O) groups is 1. The van der Waals surface area contributed by atoms with Gasteiger partial charge in [0.1, 0.15) is 17.3 Å². The number of amides is 1.